The van der Waals surface area contributed by atoms with Gasteiger partial charge in [-0.05, 0) is 38.2 Å². The van der Waals surface area contributed by atoms with E-state index in [9.17, 15) is 8.42 Å². The summed E-state index contributed by atoms with van der Waals surface area (Å²) in [6.45, 7) is 4.69. The number of hydrogen-bond donors (Lipinski definition) is 0. The molecule has 0 radical (unpaired) electrons. The minimum atomic E-state index is -3.04. The Bertz CT molecular complexity index is 725. The van der Waals surface area contributed by atoms with Gasteiger partial charge in [-0.25, -0.2) is 18.4 Å². The number of sulfone groups is 1. The van der Waals surface area contributed by atoms with E-state index in [1.807, 2.05) is 13.0 Å². The van der Waals surface area contributed by atoms with E-state index in [1.165, 1.54) is 25.7 Å². The van der Waals surface area contributed by atoms with Crippen LogP contribution in [0, 0.1) is 18.8 Å². The van der Waals surface area contributed by atoms with Crippen molar-refractivity contribution >= 4 is 9.84 Å². The van der Waals surface area contributed by atoms with Crippen molar-refractivity contribution < 1.29 is 13.2 Å². The maximum Gasteiger partial charge on any atom is 0.316 e. The first-order chi connectivity index (χ1) is 12.0. The molecule has 3 aliphatic rings. The van der Waals surface area contributed by atoms with Crippen molar-refractivity contribution in [3.63, 3.8) is 0 Å². The van der Waals surface area contributed by atoms with Gasteiger partial charge in [0.25, 0.3) is 0 Å². The molecule has 0 bridgehead atoms. The van der Waals surface area contributed by atoms with Crippen molar-refractivity contribution in [1.29, 1.82) is 0 Å². The Morgan fingerprint density at radius 1 is 1.28 bits per heavy atom. The van der Waals surface area contributed by atoms with Crippen molar-refractivity contribution in [2.24, 2.45) is 11.8 Å². The van der Waals surface area contributed by atoms with E-state index < -0.39 is 14.6 Å². The van der Waals surface area contributed by atoms with Crippen molar-refractivity contribution in [2.75, 3.05) is 32.0 Å². The molecule has 0 unspecified atom stereocenters. The van der Waals surface area contributed by atoms with Crippen LogP contribution >= 0.6 is 0 Å². The lowest BCUT2D eigenvalue weighted by atomic mass is 9.83. The molecule has 1 aromatic rings. The van der Waals surface area contributed by atoms with Crippen LogP contribution in [0.25, 0.3) is 0 Å². The van der Waals surface area contributed by atoms with Crippen LogP contribution in [0.5, 0.6) is 6.01 Å². The van der Waals surface area contributed by atoms with Gasteiger partial charge in [-0.1, -0.05) is 12.8 Å². The number of likely N-dealkylation sites (tertiary alicyclic amines) is 1. The number of hydrogen-bond acceptors (Lipinski definition) is 6. The van der Waals surface area contributed by atoms with Gasteiger partial charge in [-0.15, -0.1) is 0 Å². The molecule has 1 aliphatic carbocycles. The van der Waals surface area contributed by atoms with E-state index >= 15 is 0 Å². The minimum absolute atomic E-state index is 0.0430. The predicted molar refractivity (Wildman–Crippen MR) is 95.3 cm³/mol. The van der Waals surface area contributed by atoms with Gasteiger partial charge in [0.15, 0.2) is 9.84 Å². The van der Waals surface area contributed by atoms with Crippen molar-refractivity contribution in [3.05, 3.63) is 18.0 Å². The van der Waals surface area contributed by atoms with E-state index in [2.05, 4.69) is 14.9 Å². The highest BCUT2D eigenvalue weighted by atomic mass is 32.2. The van der Waals surface area contributed by atoms with Crippen LogP contribution in [0.3, 0.4) is 0 Å². The first kappa shape index (κ1) is 17.2. The van der Waals surface area contributed by atoms with Gasteiger partial charge in [0.05, 0.1) is 12.4 Å². The summed E-state index contributed by atoms with van der Waals surface area (Å²) in [7, 11) is -3.04. The molecular weight excluding hydrogens is 338 g/mol. The van der Waals surface area contributed by atoms with Crippen LogP contribution in [0.2, 0.25) is 0 Å². The molecule has 138 valence electrons. The van der Waals surface area contributed by atoms with Crippen molar-refractivity contribution in [3.8, 4) is 6.01 Å². The van der Waals surface area contributed by atoms with Crippen LogP contribution in [-0.4, -0.2) is 60.0 Å². The van der Waals surface area contributed by atoms with E-state index in [1.54, 1.807) is 6.20 Å². The second kappa shape index (κ2) is 6.50. The van der Waals surface area contributed by atoms with Crippen molar-refractivity contribution in [2.45, 2.75) is 43.8 Å². The normalized spacial score (nSPS) is 28.3. The molecule has 1 saturated carbocycles. The second-order valence-corrected chi connectivity index (χ2v) is 10.4. The lowest BCUT2D eigenvalue weighted by Crippen LogP contribution is -2.68. The molecule has 1 spiro atoms. The molecule has 3 heterocycles. The summed E-state index contributed by atoms with van der Waals surface area (Å²) in [6.07, 6.45) is 7.61. The molecule has 4 rings (SSSR count). The summed E-state index contributed by atoms with van der Waals surface area (Å²) in [6, 6.07) is 2.17. The molecule has 3 fully saturated rings. The maximum absolute atomic E-state index is 12.7. The molecule has 0 amide bonds. The Morgan fingerprint density at radius 3 is 2.76 bits per heavy atom. The van der Waals surface area contributed by atoms with E-state index in [4.69, 9.17) is 4.74 Å². The summed E-state index contributed by atoms with van der Waals surface area (Å²) in [5, 5.41) is 0. The van der Waals surface area contributed by atoms with E-state index in [0.29, 0.717) is 32.1 Å². The predicted octanol–water partition coefficient (Wildman–Crippen LogP) is 1.84. The highest BCUT2D eigenvalue weighted by Crippen LogP contribution is 2.45. The van der Waals surface area contributed by atoms with Gasteiger partial charge in [0.1, 0.15) is 4.75 Å². The average Bonchev–Trinajstić information content (AvgIpc) is 3.12. The number of nitrogens with zero attached hydrogens (tertiary/aromatic N) is 3. The van der Waals surface area contributed by atoms with Crippen LogP contribution in [0.4, 0.5) is 0 Å². The largest absolute Gasteiger partial charge is 0.463 e. The van der Waals surface area contributed by atoms with Gasteiger partial charge in [0.2, 0.25) is 0 Å². The summed E-state index contributed by atoms with van der Waals surface area (Å²) in [5.41, 5.74) is 0.852. The number of rotatable bonds is 5. The summed E-state index contributed by atoms with van der Waals surface area (Å²) >= 11 is 0. The third-order valence-corrected chi connectivity index (χ3v) is 8.86. The quantitative estimate of drug-likeness (QED) is 0.793. The first-order valence-electron chi connectivity index (χ1n) is 9.36. The zero-order chi connectivity index (χ0) is 17.5. The smallest absolute Gasteiger partial charge is 0.316 e. The fourth-order valence-corrected chi connectivity index (χ4v) is 7.23. The highest BCUT2D eigenvalue weighted by molar-refractivity contribution is 7.93. The Kier molecular flexibility index (Phi) is 4.48. The maximum atomic E-state index is 12.7. The van der Waals surface area contributed by atoms with Gasteiger partial charge < -0.3 is 4.74 Å². The van der Waals surface area contributed by atoms with Gasteiger partial charge in [-0.3, -0.25) is 4.90 Å². The minimum Gasteiger partial charge on any atom is -0.463 e. The second-order valence-electron chi connectivity index (χ2n) is 7.98. The first-order valence-corrected chi connectivity index (χ1v) is 11.0. The van der Waals surface area contributed by atoms with Crippen LogP contribution < -0.4 is 4.74 Å². The standard InChI is InChI=1S/C18H27N3O3S/c1-14-6-8-19-17(20-14)24-11-16-7-9-25(22,23)18(16)12-21(13-18)10-15-4-2-3-5-15/h6,8,15-16H,2-5,7,9-13H2,1H3/t16-/m1/s1. The lowest BCUT2D eigenvalue weighted by Gasteiger charge is -2.50. The fraction of sp³-hybridized carbons (Fsp3) is 0.778. The number of ether oxygens (including phenoxy) is 1. The third kappa shape index (κ3) is 3.16. The lowest BCUT2D eigenvalue weighted by molar-refractivity contribution is 0.0513. The molecule has 25 heavy (non-hydrogen) atoms. The molecule has 2 saturated heterocycles. The zero-order valence-electron chi connectivity index (χ0n) is 14.9. The van der Waals surface area contributed by atoms with Gasteiger partial charge >= 0.3 is 6.01 Å². The Balaban J connectivity index is 1.40. The SMILES string of the molecule is Cc1ccnc(OC[C@H]2CCS(=O)(=O)C23CN(CC2CCCC2)C3)n1. The van der Waals surface area contributed by atoms with Gasteiger partial charge in [0, 0.05) is 37.4 Å². The van der Waals surface area contributed by atoms with Crippen LogP contribution in [-0.2, 0) is 9.84 Å². The summed E-state index contributed by atoms with van der Waals surface area (Å²) in [4.78, 5) is 10.7. The molecule has 7 heteroatoms. The fourth-order valence-electron chi connectivity index (χ4n) is 4.78. The average molecular weight is 365 g/mol. The summed E-state index contributed by atoms with van der Waals surface area (Å²) < 4.78 is 30.6. The molecule has 2 aliphatic heterocycles. The molecule has 1 atom stereocenters. The zero-order valence-corrected chi connectivity index (χ0v) is 15.7. The Morgan fingerprint density at radius 2 is 2.04 bits per heavy atom. The third-order valence-electron chi connectivity index (χ3n) is 6.26. The molecule has 0 N–H and O–H groups in total. The molecule has 1 aromatic heterocycles. The van der Waals surface area contributed by atoms with Crippen LogP contribution in [0.1, 0.15) is 37.8 Å². The topological polar surface area (TPSA) is 72.4 Å². The van der Waals surface area contributed by atoms with Crippen molar-refractivity contribution in [1.82, 2.24) is 14.9 Å². The van der Waals surface area contributed by atoms with E-state index in [-0.39, 0.29) is 11.7 Å². The highest BCUT2D eigenvalue weighted by Gasteiger charge is 2.61. The Labute approximate surface area is 149 Å². The number of aromatic nitrogens is 2. The molecule has 0 aromatic carbocycles. The molecule has 6 nitrogen and oxygen atoms in total. The van der Waals surface area contributed by atoms with E-state index in [0.717, 1.165) is 18.2 Å². The number of aryl methyl sites for hydroxylation is 1. The van der Waals surface area contributed by atoms with Crippen LogP contribution in [0.15, 0.2) is 12.3 Å². The monoisotopic (exact) mass is 365 g/mol. The summed E-state index contributed by atoms with van der Waals surface area (Å²) in [5.74, 6) is 1.09. The van der Waals surface area contributed by atoms with Gasteiger partial charge in [-0.2, -0.15) is 0 Å². The Hall–Kier alpha value is -1.21. The molecular formula is C18H27N3O3S.